The summed E-state index contributed by atoms with van der Waals surface area (Å²) in [5.74, 6) is 0. The minimum absolute atomic E-state index is 1.07. The number of hydrogen-bond donors (Lipinski definition) is 0. The zero-order valence-corrected chi connectivity index (χ0v) is 19.5. The molecule has 0 fully saturated rings. The van der Waals surface area contributed by atoms with Crippen molar-refractivity contribution in [2.24, 2.45) is 0 Å². The molecule has 0 atom stereocenters. The molecular weight excluding hydrogens is 412 g/mol. The van der Waals surface area contributed by atoms with Crippen molar-refractivity contribution >= 4 is 42.8 Å². The normalized spacial score (nSPS) is 12.5. The molecule has 0 radical (unpaired) electrons. The van der Waals surface area contributed by atoms with Crippen molar-refractivity contribution in [1.29, 1.82) is 0 Å². The van der Waals surface area contributed by atoms with Gasteiger partial charge in [0.2, 0.25) is 0 Å². The lowest BCUT2D eigenvalue weighted by molar-refractivity contribution is 0.667. The van der Waals surface area contributed by atoms with Crippen molar-refractivity contribution in [2.45, 2.75) is 45.4 Å². The first kappa shape index (κ1) is 19.3. The van der Waals surface area contributed by atoms with Crippen LogP contribution in [0.3, 0.4) is 0 Å². The predicted octanol–water partition coefficient (Wildman–Crippen LogP) is 9.48. The Morgan fingerprint density at radius 2 is 1.58 bits per heavy atom. The number of aryl methyl sites for hydroxylation is 1. The largest absolute Gasteiger partial charge is 0.144 e. The molecule has 6 rings (SSSR count). The van der Waals surface area contributed by atoms with Crippen LogP contribution in [0.5, 0.6) is 0 Å². The number of rotatable bonds is 6. The molecule has 154 valence electrons. The zero-order valence-electron chi connectivity index (χ0n) is 17.9. The van der Waals surface area contributed by atoms with Gasteiger partial charge >= 0.3 is 0 Å². The maximum Gasteiger partial charge on any atom is 0.0356 e. The van der Waals surface area contributed by atoms with Crippen LogP contribution in [-0.4, -0.2) is 0 Å². The van der Waals surface area contributed by atoms with Gasteiger partial charge in [0.05, 0.1) is 0 Å². The fraction of sp³-hybridized carbons (Fsp3) is 0.241. The number of benzene rings is 3. The topological polar surface area (TPSA) is 0 Å². The molecule has 0 N–H and O–H groups in total. The summed E-state index contributed by atoms with van der Waals surface area (Å²) in [6, 6.07) is 23.6. The Kier molecular flexibility index (Phi) is 4.93. The fourth-order valence-electron chi connectivity index (χ4n) is 4.97. The SMILES string of the molecule is CCCCCCc1ccc2c(c1)Cc1cc(-c3cc4cc5sccc5cc4s3)ccc1-2. The highest BCUT2D eigenvalue weighted by atomic mass is 32.1. The Labute approximate surface area is 192 Å². The van der Waals surface area contributed by atoms with E-state index in [-0.39, 0.29) is 0 Å². The molecule has 0 unspecified atom stereocenters. The quantitative estimate of drug-likeness (QED) is 0.227. The molecule has 0 aliphatic heterocycles. The molecule has 2 aromatic heterocycles. The van der Waals surface area contributed by atoms with E-state index in [2.05, 4.69) is 73.0 Å². The Hall–Kier alpha value is -2.42. The lowest BCUT2D eigenvalue weighted by atomic mass is 9.99. The van der Waals surface area contributed by atoms with E-state index in [1.165, 1.54) is 90.5 Å². The van der Waals surface area contributed by atoms with Crippen molar-refractivity contribution in [1.82, 2.24) is 0 Å². The van der Waals surface area contributed by atoms with Gasteiger partial charge in [-0.3, -0.25) is 0 Å². The van der Waals surface area contributed by atoms with Crippen LogP contribution >= 0.6 is 22.7 Å². The van der Waals surface area contributed by atoms with Crippen LogP contribution in [0.15, 0.2) is 66.0 Å². The van der Waals surface area contributed by atoms with E-state index < -0.39 is 0 Å². The standard InChI is InChI=1S/C29H26S2/c1-2-3-4-5-6-19-7-9-25-22(13-19)15-23-14-20(8-10-26(23)25)28-18-24-17-27-21(11-12-30-27)16-29(24)31-28/h7-14,16-18H,2-6,15H2,1H3. The van der Waals surface area contributed by atoms with Crippen molar-refractivity contribution in [3.05, 3.63) is 82.7 Å². The van der Waals surface area contributed by atoms with Gasteiger partial charge in [-0.2, -0.15) is 0 Å². The summed E-state index contributed by atoms with van der Waals surface area (Å²) in [5, 5.41) is 4.91. The summed E-state index contributed by atoms with van der Waals surface area (Å²) in [4.78, 5) is 1.38. The van der Waals surface area contributed by atoms with Crippen LogP contribution < -0.4 is 0 Å². The van der Waals surface area contributed by atoms with Crippen LogP contribution in [0.2, 0.25) is 0 Å². The first-order valence-electron chi connectivity index (χ1n) is 11.4. The molecule has 2 heteroatoms. The van der Waals surface area contributed by atoms with Crippen molar-refractivity contribution in [2.75, 3.05) is 0 Å². The van der Waals surface area contributed by atoms with Gasteiger partial charge < -0.3 is 0 Å². The van der Waals surface area contributed by atoms with E-state index in [0.29, 0.717) is 0 Å². The molecule has 0 saturated heterocycles. The summed E-state index contributed by atoms with van der Waals surface area (Å²) in [6.07, 6.45) is 7.61. The van der Waals surface area contributed by atoms with Gasteiger partial charge in [-0.05, 0) is 99.1 Å². The van der Waals surface area contributed by atoms with Gasteiger partial charge in [0.25, 0.3) is 0 Å². The second-order valence-corrected chi connectivity index (χ2v) is 10.8. The van der Waals surface area contributed by atoms with Gasteiger partial charge in [0, 0.05) is 14.3 Å². The Morgan fingerprint density at radius 1 is 0.742 bits per heavy atom. The zero-order chi connectivity index (χ0) is 20.8. The average molecular weight is 439 g/mol. The number of unbranched alkanes of at least 4 members (excludes halogenated alkanes) is 3. The lowest BCUT2D eigenvalue weighted by Gasteiger charge is -2.06. The van der Waals surface area contributed by atoms with Crippen LogP contribution in [0, 0.1) is 0 Å². The molecule has 31 heavy (non-hydrogen) atoms. The van der Waals surface area contributed by atoms with Gasteiger partial charge in [-0.15, -0.1) is 22.7 Å². The first-order chi connectivity index (χ1) is 15.3. The van der Waals surface area contributed by atoms with Gasteiger partial charge in [0.1, 0.15) is 0 Å². The Morgan fingerprint density at radius 3 is 2.48 bits per heavy atom. The summed E-state index contributed by atoms with van der Waals surface area (Å²) < 4.78 is 2.77. The number of thiophene rings is 2. The minimum atomic E-state index is 1.07. The van der Waals surface area contributed by atoms with Crippen LogP contribution in [0.25, 0.3) is 41.7 Å². The summed E-state index contributed by atoms with van der Waals surface area (Å²) in [6.45, 7) is 2.28. The smallest absolute Gasteiger partial charge is 0.0356 e. The fourth-order valence-corrected chi connectivity index (χ4v) is 6.87. The Bertz CT molecular complexity index is 1350. The summed E-state index contributed by atoms with van der Waals surface area (Å²) >= 11 is 3.75. The monoisotopic (exact) mass is 438 g/mol. The predicted molar refractivity (Wildman–Crippen MR) is 139 cm³/mol. The second kappa shape index (κ2) is 7.93. The van der Waals surface area contributed by atoms with E-state index in [9.17, 15) is 0 Å². The second-order valence-electron chi connectivity index (χ2n) is 8.81. The van der Waals surface area contributed by atoms with E-state index in [0.717, 1.165) is 6.42 Å². The van der Waals surface area contributed by atoms with Crippen LogP contribution in [0.4, 0.5) is 0 Å². The van der Waals surface area contributed by atoms with Gasteiger partial charge in [-0.1, -0.05) is 56.5 Å². The van der Waals surface area contributed by atoms with Crippen molar-refractivity contribution in [3.63, 3.8) is 0 Å². The van der Waals surface area contributed by atoms with E-state index in [1.807, 2.05) is 22.7 Å². The van der Waals surface area contributed by atoms with E-state index in [4.69, 9.17) is 0 Å². The molecule has 0 nitrogen and oxygen atoms in total. The molecular formula is C29H26S2. The molecule has 5 aromatic rings. The molecule has 0 spiro atoms. The van der Waals surface area contributed by atoms with E-state index >= 15 is 0 Å². The maximum atomic E-state index is 2.47. The van der Waals surface area contributed by atoms with Crippen molar-refractivity contribution < 1.29 is 0 Å². The summed E-state index contributed by atoms with van der Waals surface area (Å²) in [7, 11) is 0. The van der Waals surface area contributed by atoms with E-state index in [1.54, 1.807) is 0 Å². The highest BCUT2D eigenvalue weighted by Crippen LogP contribution is 2.42. The Balaban J connectivity index is 1.28. The molecule has 0 amide bonds. The average Bonchev–Trinajstić information content (AvgIpc) is 3.49. The maximum absolute atomic E-state index is 2.47. The van der Waals surface area contributed by atoms with Gasteiger partial charge in [0.15, 0.2) is 0 Å². The minimum Gasteiger partial charge on any atom is -0.144 e. The summed E-state index contributed by atoms with van der Waals surface area (Å²) in [5.41, 5.74) is 8.72. The third kappa shape index (κ3) is 3.52. The molecule has 1 aliphatic carbocycles. The third-order valence-electron chi connectivity index (χ3n) is 6.64. The molecule has 0 bridgehead atoms. The molecule has 0 saturated carbocycles. The molecule has 1 aliphatic rings. The highest BCUT2D eigenvalue weighted by molar-refractivity contribution is 7.22. The number of hydrogen-bond acceptors (Lipinski definition) is 2. The van der Waals surface area contributed by atoms with Crippen molar-refractivity contribution in [3.8, 4) is 21.6 Å². The first-order valence-corrected chi connectivity index (χ1v) is 13.1. The molecule has 3 aromatic carbocycles. The lowest BCUT2D eigenvalue weighted by Crippen LogP contribution is -1.89. The molecule has 2 heterocycles. The highest BCUT2D eigenvalue weighted by Gasteiger charge is 2.19. The number of fused-ring (bicyclic) bond motifs is 5. The van der Waals surface area contributed by atoms with Gasteiger partial charge in [-0.25, -0.2) is 0 Å². The van der Waals surface area contributed by atoms with Crippen LogP contribution in [-0.2, 0) is 12.8 Å². The third-order valence-corrected chi connectivity index (χ3v) is 8.67. The van der Waals surface area contributed by atoms with Crippen LogP contribution in [0.1, 0.15) is 49.3 Å².